The number of nitrogens with one attached hydrogen (secondary N) is 2. The molecule has 0 radical (unpaired) electrons. The first-order valence-electron chi connectivity index (χ1n) is 8.50. The van der Waals surface area contributed by atoms with E-state index < -0.39 is 5.82 Å². The van der Waals surface area contributed by atoms with Gasteiger partial charge in [0.25, 0.3) is 5.56 Å². The van der Waals surface area contributed by atoms with Crippen molar-refractivity contribution in [2.45, 2.75) is 26.7 Å². The first-order valence-corrected chi connectivity index (χ1v) is 8.50. The Bertz CT molecular complexity index is 1080. The van der Waals surface area contributed by atoms with Crippen LogP contribution in [0.15, 0.2) is 23.0 Å². The molecule has 1 aromatic carbocycles. The van der Waals surface area contributed by atoms with Crippen LogP contribution in [0.2, 0.25) is 0 Å². The van der Waals surface area contributed by atoms with Gasteiger partial charge in [-0.3, -0.25) is 14.3 Å². The van der Waals surface area contributed by atoms with Gasteiger partial charge in [-0.1, -0.05) is 0 Å². The Labute approximate surface area is 155 Å². The molecular weight excluding hydrogens is 351 g/mol. The van der Waals surface area contributed by atoms with Crippen LogP contribution in [-0.2, 0) is 18.3 Å². The molecule has 0 aliphatic heterocycles. The van der Waals surface area contributed by atoms with Crippen LogP contribution < -0.4 is 15.6 Å². The van der Waals surface area contributed by atoms with Gasteiger partial charge < -0.3 is 15.0 Å². The molecule has 0 saturated heterocycles. The van der Waals surface area contributed by atoms with E-state index in [0.717, 1.165) is 16.6 Å². The van der Waals surface area contributed by atoms with Gasteiger partial charge in [0.2, 0.25) is 5.91 Å². The van der Waals surface area contributed by atoms with E-state index in [2.05, 4.69) is 15.4 Å². The van der Waals surface area contributed by atoms with Gasteiger partial charge in [0.1, 0.15) is 17.2 Å². The number of nitrogens with zero attached hydrogens (tertiary/aromatic N) is 2. The van der Waals surface area contributed by atoms with Crippen molar-refractivity contribution in [3.63, 3.8) is 0 Å². The van der Waals surface area contributed by atoms with E-state index in [-0.39, 0.29) is 30.1 Å². The van der Waals surface area contributed by atoms with E-state index in [4.69, 9.17) is 4.74 Å². The van der Waals surface area contributed by atoms with Crippen LogP contribution in [0.3, 0.4) is 0 Å². The lowest BCUT2D eigenvalue weighted by Gasteiger charge is -2.11. The summed E-state index contributed by atoms with van der Waals surface area (Å²) >= 11 is 0. The maximum Gasteiger partial charge on any atom is 0.253 e. The zero-order valence-electron chi connectivity index (χ0n) is 15.6. The van der Waals surface area contributed by atoms with Crippen molar-refractivity contribution in [2.75, 3.05) is 12.4 Å². The van der Waals surface area contributed by atoms with Crippen LogP contribution in [0.4, 0.5) is 10.1 Å². The Morgan fingerprint density at radius 1 is 1.37 bits per heavy atom. The third kappa shape index (κ3) is 3.55. The summed E-state index contributed by atoms with van der Waals surface area (Å²) < 4.78 is 20.0. The summed E-state index contributed by atoms with van der Waals surface area (Å²) in [6, 6.07) is 3.88. The summed E-state index contributed by atoms with van der Waals surface area (Å²) in [6.07, 6.45) is 0.385. The third-order valence-corrected chi connectivity index (χ3v) is 4.60. The number of benzene rings is 1. The molecule has 2 heterocycles. The summed E-state index contributed by atoms with van der Waals surface area (Å²) in [6.45, 7) is 3.74. The number of rotatable bonds is 5. The van der Waals surface area contributed by atoms with Gasteiger partial charge >= 0.3 is 0 Å². The smallest absolute Gasteiger partial charge is 0.253 e. The number of H-pyrrole nitrogens is 1. The van der Waals surface area contributed by atoms with Gasteiger partial charge in [-0.15, -0.1) is 0 Å². The molecule has 8 heteroatoms. The molecule has 142 valence electrons. The predicted molar refractivity (Wildman–Crippen MR) is 101 cm³/mol. The molecule has 7 nitrogen and oxygen atoms in total. The molecule has 0 bridgehead atoms. The lowest BCUT2D eigenvalue weighted by atomic mass is 10.0. The van der Waals surface area contributed by atoms with Gasteiger partial charge in [-0.25, -0.2) is 4.39 Å². The number of methoxy groups -OCH3 is 1. The van der Waals surface area contributed by atoms with Crippen LogP contribution in [-0.4, -0.2) is 27.8 Å². The maximum absolute atomic E-state index is 13.3. The lowest BCUT2D eigenvalue weighted by molar-refractivity contribution is -0.116. The number of hydrogen-bond acceptors (Lipinski definition) is 4. The van der Waals surface area contributed by atoms with Crippen molar-refractivity contribution in [3.05, 3.63) is 51.2 Å². The Kier molecular flexibility index (Phi) is 4.98. The number of halogens is 1. The fraction of sp³-hybridized carbons (Fsp3) is 0.316. The first kappa shape index (κ1) is 18.6. The molecule has 0 aliphatic carbocycles. The maximum atomic E-state index is 13.3. The van der Waals surface area contributed by atoms with Crippen LogP contribution in [0.25, 0.3) is 11.0 Å². The monoisotopic (exact) mass is 372 g/mol. The van der Waals surface area contributed by atoms with Crippen molar-refractivity contribution >= 4 is 22.6 Å². The van der Waals surface area contributed by atoms with Crippen molar-refractivity contribution in [3.8, 4) is 5.75 Å². The molecule has 0 saturated carbocycles. The number of carbonyl (C=O) groups is 1. The fourth-order valence-electron chi connectivity index (χ4n) is 3.28. The standard InChI is InChI=1S/C19H21FN4O3/c1-10-13(19(26)22-18-17(10)11(2)23-24(18)3)6-8-16(25)21-14-7-5-12(20)9-15(14)27-4/h5,7,9H,6,8H2,1-4H3,(H,21,25)(H,22,26). The second-order valence-electron chi connectivity index (χ2n) is 6.38. The highest BCUT2D eigenvalue weighted by Gasteiger charge is 2.16. The molecule has 3 aromatic rings. The van der Waals surface area contributed by atoms with E-state index in [1.54, 1.807) is 11.7 Å². The normalized spacial score (nSPS) is 11.0. The number of aromatic amines is 1. The molecule has 0 fully saturated rings. The Hall–Kier alpha value is -3.16. The molecule has 3 rings (SSSR count). The van der Waals surface area contributed by atoms with Gasteiger partial charge in [0.05, 0.1) is 18.5 Å². The number of amides is 1. The Morgan fingerprint density at radius 2 is 2.11 bits per heavy atom. The number of ether oxygens (including phenoxy) is 1. The van der Waals surface area contributed by atoms with Gasteiger partial charge in [-0.05, 0) is 38.0 Å². The van der Waals surface area contributed by atoms with Crippen LogP contribution >= 0.6 is 0 Å². The van der Waals surface area contributed by atoms with Crippen molar-refractivity contribution in [1.82, 2.24) is 14.8 Å². The van der Waals surface area contributed by atoms with Gasteiger partial charge in [0.15, 0.2) is 0 Å². The van der Waals surface area contributed by atoms with Crippen LogP contribution in [0.1, 0.15) is 23.2 Å². The quantitative estimate of drug-likeness (QED) is 0.720. The summed E-state index contributed by atoms with van der Waals surface area (Å²) in [4.78, 5) is 27.6. The van der Waals surface area contributed by atoms with E-state index in [9.17, 15) is 14.0 Å². The zero-order chi connectivity index (χ0) is 19.7. The minimum atomic E-state index is -0.452. The van der Waals surface area contributed by atoms with E-state index in [0.29, 0.717) is 16.9 Å². The van der Waals surface area contributed by atoms with E-state index in [1.807, 2.05) is 13.8 Å². The minimum Gasteiger partial charge on any atom is -0.494 e. The predicted octanol–water partition coefficient (Wildman–Crippen LogP) is 2.60. The van der Waals surface area contributed by atoms with Crippen LogP contribution in [0, 0.1) is 19.7 Å². The summed E-state index contributed by atoms with van der Waals surface area (Å²) in [5.41, 5.74) is 3.02. The number of carbonyl (C=O) groups excluding carboxylic acids is 1. The zero-order valence-corrected chi connectivity index (χ0v) is 15.6. The number of hydrogen-bond donors (Lipinski definition) is 2. The SMILES string of the molecule is COc1cc(F)ccc1NC(=O)CCc1c(C)c2c(C)nn(C)c2[nH]c1=O. The van der Waals surface area contributed by atoms with Gasteiger partial charge in [0, 0.05) is 30.5 Å². The molecule has 0 spiro atoms. The van der Waals surface area contributed by atoms with E-state index in [1.165, 1.54) is 25.3 Å². The molecule has 0 atom stereocenters. The Balaban J connectivity index is 1.80. The summed E-state index contributed by atoms with van der Waals surface area (Å²) in [5, 5.41) is 7.92. The number of pyridine rings is 1. The molecule has 27 heavy (non-hydrogen) atoms. The van der Waals surface area contributed by atoms with E-state index >= 15 is 0 Å². The lowest BCUT2D eigenvalue weighted by Crippen LogP contribution is -2.19. The molecule has 0 unspecified atom stereocenters. The first-order chi connectivity index (χ1) is 12.8. The Morgan fingerprint density at radius 3 is 2.81 bits per heavy atom. The number of anilines is 1. The summed E-state index contributed by atoms with van der Waals surface area (Å²) in [7, 11) is 3.17. The molecule has 0 aliphatic rings. The summed E-state index contributed by atoms with van der Waals surface area (Å²) in [5.74, 6) is -0.501. The molecular formula is C19H21FN4O3. The molecule has 2 aromatic heterocycles. The van der Waals surface area contributed by atoms with Crippen molar-refractivity contribution < 1.29 is 13.9 Å². The highest BCUT2D eigenvalue weighted by atomic mass is 19.1. The number of fused-ring (bicyclic) bond motifs is 1. The average molecular weight is 372 g/mol. The molecule has 1 amide bonds. The topological polar surface area (TPSA) is 89.0 Å². The van der Waals surface area contributed by atoms with Gasteiger partial charge in [-0.2, -0.15) is 5.10 Å². The number of aryl methyl sites for hydroxylation is 3. The average Bonchev–Trinajstić information content (AvgIpc) is 2.90. The minimum absolute atomic E-state index is 0.106. The largest absolute Gasteiger partial charge is 0.494 e. The highest BCUT2D eigenvalue weighted by molar-refractivity contribution is 5.92. The third-order valence-electron chi connectivity index (χ3n) is 4.60. The highest BCUT2D eigenvalue weighted by Crippen LogP contribution is 2.25. The van der Waals surface area contributed by atoms with Crippen LogP contribution in [0.5, 0.6) is 5.75 Å². The fourth-order valence-corrected chi connectivity index (χ4v) is 3.28. The molecule has 2 N–H and O–H groups in total. The number of aromatic nitrogens is 3. The second kappa shape index (κ2) is 7.22. The van der Waals surface area contributed by atoms with Crippen molar-refractivity contribution in [1.29, 1.82) is 0 Å². The second-order valence-corrected chi connectivity index (χ2v) is 6.38. The van der Waals surface area contributed by atoms with Crippen molar-refractivity contribution in [2.24, 2.45) is 7.05 Å².